The van der Waals surface area contributed by atoms with Gasteiger partial charge in [-0.3, -0.25) is 19.7 Å². The van der Waals surface area contributed by atoms with Gasteiger partial charge in [0.1, 0.15) is 28.4 Å². The highest BCUT2D eigenvalue weighted by Gasteiger charge is 2.43. The number of ether oxygens (including phenoxy) is 2. The first-order valence-electron chi connectivity index (χ1n) is 9.14. The summed E-state index contributed by atoms with van der Waals surface area (Å²) in [5.41, 5.74) is 0.0610. The molecule has 0 saturated carbocycles. The Bertz CT molecular complexity index is 1060. The van der Waals surface area contributed by atoms with Gasteiger partial charge < -0.3 is 19.9 Å². The first-order chi connectivity index (χ1) is 15.3. The van der Waals surface area contributed by atoms with E-state index in [0.29, 0.717) is 23.4 Å². The molecule has 0 saturated heterocycles. The van der Waals surface area contributed by atoms with Gasteiger partial charge in [-0.1, -0.05) is 12.1 Å². The molecule has 12 heteroatoms. The van der Waals surface area contributed by atoms with Crippen LogP contribution in [-0.2, 0) is 10.3 Å². The maximum atomic E-state index is 12.8. The van der Waals surface area contributed by atoms with E-state index in [1.807, 2.05) is 0 Å². The molecule has 0 radical (unpaired) electrons. The van der Waals surface area contributed by atoms with Gasteiger partial charge in [0, 0.05) is 18.8 Å². The molecule has 1 aromatic carbocycles. The van der Waals surface area contributed by atoms with Gasteiger partial charge in [0.2, 0.25) is 0 Å². The summed E-state index contributed by atoms with van der Waals surface area (Å²) in [6, 6.07) is 10.3. The Hall–Kier alpha value is -4.09. The third kappa shape index (κ3) is 4.96. The van der Waals surface area contributed by atoms with E-state index in [4.69, 9.17) is 14.6 Å². The van der Waals surface area contributed by atoms with Gasteiger partial charge in [0.25, 0.3) is 12.4 Å². The van der Waals surface area contributed by atoms with Gasteiger partial charge in [0.15, 0.2) is 0 Å². The number of pyridine rings is 1. The largest absolute Gasteiger partial charge is 0.573 e. The molecular weight excluding hydrogens is 433 g/mol. The molecule has 3 heterocycles. The van der Waals surface area contributed by atoms with Gasteiger partial charge in [-0.05, 0) is 35.9 Å². The number of fused-ring (bicyclic) bond motifs is 1. The molecule has 9 nitrogen and oxygen atoms in total. The number of hydrogen-bond acceptors (Lipinski definition) is 6. The Labute approximate surface area is 179 Å². The van der Waals surface area contributed by atoms with Crippen molar-refractivity contribution >= 4 is 12.4 Å². The number of amides is 1. The highest BCUT2D eigenvalue weighted by Crippen LogP contribution is 2.41. The number of hydrogen-bond donors (Lipinski definition) is 3. The predicted octanol–water partition coefficient (Wildman–Crippen LogP) is 2.86. The van der Waals surface area contributed by atoms with E-state index in [1.54, 1.807) is 18.3 Å². The SMILES string of the molecule is O=C(NC1(c2ccc(OC(F)(F)F)cc2)CCOc2cccnc21)c1cc[nH]n1.O=CO. The van der Waals surface area contributed by atoms with Crippen LogP contribution in [0, 0.1) is 0 Å². The number of aromatic amines is 1. The molecule has 0 spiro atoms. The molecule has 2 aromatic heterocycles. The van der Waals surface area contributed by atoms with Crippen molar-refractivity contribution in [1.82, 2.24) is 20.5 Å². The lowest BCUT2D eigenvalue weighted by molar-refractivity contribution is -0.274. The molecule has 3 N–H and O–H groups in total. The average Bonchev–Trinajstić information content (AvgIpc) is 3.29. The minimum Gasteiger partial charge on any atom is -0.491 e. The van der Waals surface area contributed by atoms with Crippen molar-refractivity contribution in [3.63, 3.8) is 0 Å². The quantitative estimate of drug-likeness (QED) is 0.522. The summed E-state index contributed by atoms with van der Waals surface area (Å²) in [4.78, 5) is 25.5. The van der Waals surface area contributed by atoms with Crippen molar-refractivity contribution in [2.24, 2.45) is 0 Å². The molecule has 4 rings (SSSR count). The van der Waals surface area contributed by atoms with Gasteiger partial charge in [-0.25, -0.2) is 0 Å². The molecule has 0 fully saturated rings. The van der Waals surface area contributed by atoms with E-state index in [2.05, 4.69) is 25.2 Å². The number of aromatic nitrogens is 3. The summed E-state index contributed by atoms with van der Waals surface area (Å²) in [6.07, 6.45) is -1.39. The van der Waals surface area contributed by atoms with Crippen LogP contribution in [-0.4, -0.2) is 45.6 Å². The van der Waals surface area contributed by atoms with Crippen LogP contribution in [0.3, 0.4) is 0 Å². The maximum Gasteiger partial charge on any atom is 0.573 e. The number of benzene rings is 1. The zero-order valence-electron chi connectivity index (χ0n) is 16.3. The van der Waals surface area contributed by atoms with Crippen molar-refractivity contribution in [3.8, 4) is 11.5 Å². The summed E-state index contributed by atoms with van der Waals surface area (Å²) in [7, 11) is 0. The molecule has 0 bridgehead atoms. The van der Waals surface area contributed by atoms with Crippen LogP contribution in [0.5, 0.6) is 11.5 Å². The number of rotatable bonds is 4. The van der Waals surface area contributed by atoms with Crippen LogP contribution < -0.4 is 14.8 Å². The van der Waals surface area contributed by atoms with E-state index in [0.717, 1.165) is 0 Å². The zero-order chi connectivity index (χ0) is 23.2. The molecule has 1 aliphatic heterocycles. The van der Waals surface area contributed by atoms with Gasteiger partial charge in [-0.2, -0.15) is 5.10 Å². The van der Waals surface area contributed by atoms with Crippen molar-refractivity contribution in [1.29, 1.82) is 0 Å². The standard InChI is InChI=1S/C19H15F3N4O3.CH2O2/c20-19(21,22)29-13-5-3-12(4-6-13)18(25-17(27)14-7-10-24-26-14)8-11-28-15-2-1-9-23-16(15)18;2-1-3/h1-7,9-10H,8,11H2,(H,24,26)(H,25,27);1H,(H,2,3). The predicted molar refractivity (Wildman–Crippen MR) is 103 cm³/mol. The summed E-state index contributed by atoms with van der Waals surface area (Å²) in [5, 5.41) is 16.3. The van der Waals surface area contributed by atoms with Crippen molar-refractivity contribution in [2.45, 2.75) is 18.3 Å². The number of H-pyrrole nitrogens is 1. The Morgan fingerprint density at radius 3 is 2.59 bits per heavy atom. The molecule has 168 valence electrons. The number of carbonyl (C=O) groups is 2. The van der Waals surface area contributed by atoms with Crippen LogP contribution in [0.4, 0.5) is 13.2 Å². The Balaban J connectivity index is 0.000000913. The fourth-order valence-electron chi connectivity index (χ4n) is 3.32. The Morgan fingerprint density at radius 2 is 1.97 bits per heavy atom. The molecule has 3 aromatic rings. The fourth-order valence-corrected chi connectivity index (χ4v) is 3.32. The van der Waals surface area contributed by atoms with Crippen LogP contribution in [0.25, 0.3) is 0 Å². The minimum absolute atomic E-state index is 0.172. The number of carbonyl (C=O) groups excluding carboxylic acids is 1. The summed E-state index contributed by atoms with van der Waals surface area (Å²) in [5.74, 6) is -0.333. The Kier molecular flexibility index (Phi) is 6.61. The molecule has 1 atom stereocenters. The van der Waals surface area contributed by atoms with Crippen LogP contribution in [0.1, 0.15) is 28.2 Å². The van der Waals surface area contributed by atoms with Gasteiger partial charge in [0.05, 0.1) is 6.61 Å². The maximum absolute atomic E-state index is 12.8. The number of nitrogens with zero attached hydrogens (tertiary/aromatic N) is 2. The van der Waals surface area contributed by atoms with E-state index in [9.17, 15) is 18.0 Å². The Morgan fingerprint density at radius 1 is 1.25 bits per heavy atom. The lowest BCUT2D eigenvalue weighted by atomic mass is 9.81. The smallest absolute Gasteiger partial charge is 0.491 e. The second-order valence-electron chi connectivity index (χ2n) is 6.45. The summed E-state index contributed by atoms with van der Waals surface area (Å²) < 4.78 is 47.0. The van der Waals surface area contributed by atoms with Crippen molar-refractivity contribution < 1.29 is 37.3 Å². The lowest BCUT2D eigenvalue weighted by Crippen LogP contribution is -2.50. The summed E-state index contributed by atoms with van der Waals surface area (Å²) in [6.45, 7) is 0.0281. The topological polar surface area (TPSA) is 126 Å². The molecule has 1 aliphatic rings. The minimum atomic E-state index is -4.79. The second kappa shape index (κ2) is 9.37. The van der Waals surface area contributed by atoms with Crippen LogP contribution in [0.2, 0.25) is 0 Å². The first kappa shape index (κ1) is 22.6. The highest BCUT2D eigenvalue weighted by atomic mass is 19.4. The molecular formula is C20H17F3N4O5. The fraction of sp³-hybridized carbons (Fsp3) is 0.200. The van der Waals surface area contributed by atoms with Gasteiger partial charge >= 0.3 is 6.36 Å². The van der Waals surface area contributed by atoms with Gasteiger partial charge in [-0.15, -0.1) is 13.2 Å². The zero-order valence-corrected chi connectivity index (χ0v) is 16.3. The van der Waals surface area contributed by atoms with Crippen LogP contribution in [0.15, 0.2) is 54.9 Å². The third-order valence-corrected chi connectivity index (χ3v) is 4.55. The number of carboxylic acid groups (broad SMARTS) is 1. The van der Waals surface area contributed by atoms with E-state index >= 15 is 0 Å². The van der Waals surface area contributed by atoms with E-state index < -0.39 is 17.8 Å². The average molecular weight is 450 g/mol. The van der Waals surface area contributed by atoms with Crippen molar-refractivity contribution in [3.05, 3.63) is 71.8 Å². The number of nitrogens with one attached hydrogen (secondary N) is 2. The number of halogens is 3. The van der Waals surface area contributed by atoms with Crippen LogP contribution >= 0.6 is 0 Å². The molecule has 1 amide bonds. The molecule has 32 heavy (non-hydrogen) atoms. The highest BCUT2D eigenvalue weighted by molar-refractivity contribution is 5.93. The van der Waals surface area contributed by atoms with Crippen molar-refractivity contribution in [2.75, 3.05) is 6.61 Å². The molecule has 1 unspecified atom stereocenters. The molecule has 0 aliphatic carbocycles. The second-order valence-corrected chi connectivity index (χ2v) is 6.45. The summed E-state index contributed by atoms with van der Waals surface area (Å²) >= 11 is 0. The normalized spacial score (nSPS) is 17.1. The number of alkyl halides is 3. The van der Waals surface area contributed by atoms with E-state index in [1.165, 1.54) is 36.5 Å². The monoisotopic (exact) mass is 450 g/mol. The lowest BCUT2D eigenvalue weighted by Gasteiger charge is -2.38. The third-order valence-electron chi connectivity index (χ3n) is 4.55. The first-order valence-corrected chi connectivity index (χ1v) is 9.14. The van der Waals surface area contributed by atoms with E-state index in [-0.39, 0.29) is 24.5 Å².